The molecule has 0 bridgehead atoms. The number of aromatic nitrogens is 2. The normalized spacial score (nSPS) is 11.0. The fourth-order valence-corrected chi connectivity index (χ4v) is 3.07. The maximum absolute atomic E-state index is 12.8. The maximum atomic E-state index is 12.8. The molecule has 0 aliphatic rings. The van der Waals surface area contributed by atoms with Crippen molar-refractivity contribution in [3.63, 3.8) is 0 Å². The van der Waals surface area contributed by atoms with Gasteiger partial charge in [-0.3, -0.25) is 9.78 Å². The molecule has 0 unspecified atom stereocenters. The minimum Gasteiger partial charge on any atom is -0.463 e. The summed E-state index contributed by atoms with van der Waals surface area (Å²) in [6.07, 6.45) is 5.11. The van der Waals surface area contributed by atoms with E-state index >= 15 is 0 Å². The number of aryl methyl sites for hydroxylation is 1. The molecule has 1 aromatic carbocycles. The molecule has 0 aliphatic heterocycles. The number of hydrogen-bond donors (Lipinski definition) is 1. The van der Waals surface area contributed by atoms with E-state index in [1.54, 1.807) is 24.7 Å². The van der Waals surface area contributed by atoms with Crippen LogP contribution < -0.4 is 5.32 Å². The van der Waals surface area contributed by atoms with Crippen LogP contribution in [0.2, 0.25) is 0 Å². The Kier molecular flexibility index (Phi) is 4.27. The lowest BCUT2D eigenvalue weighted by molar-refractivity contribution is 0.0942. The van der Waals surface area contributed by atoms with Crippen molar-refractivity contribution in [3.05, 3.63) is 89.6 Å². The summed E-state index contributed by atoms with van der Waals surface area (Å²) in [4.78, 5) is 16.9. The smallest absolute Gasteiger partial charge is 0.268 e. The summed E-state index contributed by atoms with van der Waals surface area (Å²) < 4.78 is 7.51. The molecule has 3 aromatic heterocycles. The number of carbonyl (C=O) groups is 1. The summed E-state index contributed by atoms with van der Waals surface area (Å²) in [5, 5.41) is 2.97. The van der Waals surface area contributed by atoms with E-state index < -0.39 is 0 Å². The van der Waals surface area contributed by atoms with E-state index in [9.17, 15) is 4.79 Å². The van der Waals surface area contributed by atoms with Crippen molar-refractivity contribution < 1.29 is 9.21 Å². The van der Waals surface area contributed by atoms with Crippen molar-refractivity contribution in [2.75, 3.05) is 0 Å². The second-order valence-corrected chi connectivity index (χ2v) is 6.26. The third-order valence-corrected chi connectivity index (χ3v) is 4.52. The van der Waals surface area contributed by atoms with E-state index in [-0.39, 0.29) is 5.91 Å². The van der Waals surface area contributed by atoms with Gasteiger partial charge in [0.2, 0.25) is 0 Å². The topological polar surface area (TPSA) is 60.1 Å². The molecule has 0 atom stereocenters. The fraction of sp³-hybridized carbons (Fsp3) is 0.143. The molecule has 130 valence electrons. The van der Waals surface area contributed by atoms with Crippen molar-refractivity contribution >= 4 is 17.0 Å². The molecular formula is C21H19N3O2. The van der Waals surface area contributed by atoms with Crippen molar-refractivity contribution in [1.82, 2.24) is 14.9 Å². The van der Waals surface area contributed by atoms with Gasteiger partial charge in [0.25, 0.3) is 5.91 Å². The number of rotatable bonds is 5. The van der Waals surface area contributed by atoms with Crippen LogP contribution in [0.4, 0.5) is 0 Å². The number of carbonyl (C=O) groups excluding carboxylic acids is 1. The molecule has 0 spiro atoms. The summed E-state index contributed by atoms with van der Waals surface area (Å²) in [5.41, 5.74) is 5.55. The van der Waals surface area contributed by atoms with Crippen LogP contribution in [0.5, 0.6) is 0 Å². The van der Waals surface area contributed by atoms with E-state index in [2.05, 4.69) is 29.4 Å². The molecule has 3 heterocycles. The molecule has 0 fully saturated rings. The van der Waals surface area contributed by atoms with Crippen LogP contribution in [-0.4, -0.2) is 15.5 Å². The summed E-state index contributed by atoms with van der Waals surface area (Å²) in [5.74, 6) is -0.131. The fourth-order valence-electron chi connectivity index (χ4n) is 3.07. The Morgan fingerprint density at radius 3 is 2.88 bits per heavy atom. The van der Waals surface area contributed by atoms with Crippen molar-refractivity contribution in [2.45, 2.75) is 20.0 Å². The lowest BCUT2D eigenvalue weighted by atomic mass is 10.1. The van der Waals surface area contributed by atoms with E-state index in [4.69, 9.17) is 4.42 Å². The molecule has 4 aromatic rings. The summed E-state index contributed by atoms with van der Waals surface area (Å²) in [7, 11) is 0. The lowest BCUT2D eigenvalue weighted by Crippen LogP contribution is -2.25. The Morgan fingerprint density at radius 1 is 1.19 bits per heavy atom. The molecule has 26 heavy (non-hydrogen) atoms. The van der Waals surface area contributed by atoms with Crippen LogP contribution in [0, 0.1) is 6.92 Å². The predicted octanol–water partition coefficient (Wildman–Crippen LogP) is 3.92. The number of furan rings is 1. The maximum Gasteiger partial charge on any atom is 0.268 e. The van der Waals surface area contributed by atoms with Crippen LogP contribution >= 0.6 is 0 Å². The molecule has 1 N–H and O–H groups in total. The van der Waals surface area contributed by atoms with Gasteiger partial charge in [-0.1, -0.05) is 30.3 Å². The largest absolute Gasteiger partial charge is 0.463 e. The second kappa shape index (κ2) is 6.88. The zero-order valence-electron chi connectivity index (χ0n) is 14.5. The van der Waals surface area contributed by atoms with Gasteiger partial charge in [0.1, 0.15) is 5.69 Å². The average Bonchev–Trinajstić information content (AvgIpc) is 3.25. The van der Waals surface area contributed by atoms with Gasteiger partial charge in [0, 0.05) is 37.6 Å². The van der Waals surface area contributed by atoms with Crippen LogP contribution in [0.1, 0.15) is 27.2 Å². The third-order valence-electron chi connectivity index (χ3n) is 4.52. The number of amides is 1. The lowest BCUT2D eigenvalue weighted by Gasteiger charge is -2.12. The van der Waals surface area contributed by atoms with Gasteiger partial charge in [-0.15, -0.1) is 0 Å². The highest BCUT2D eigenvalue weighted by Gasteiger charge is 2.18. The summed E-state index contributed by atoms with van der Waals surface area (Å²) >= 11 is 0. The average molecular weight is 345 g/mol. The molecule has 5 heteroatoms. The molecule has 0 aliphatic carbocycles. The minimum absolute atomic E-state index is 0.131. The first-order chi connectivity index (χ1) is 12.7. The molecule has 1 amide bonds. The summed E-state index contributed by atoms with van der Waals surface area (Å²) in [6.45, 7) is 3.13. The number of hydrogen-bond acceptors (Lipinski definition) is 3. The van der Waals surface area contributed by atoms with Crippen LogP contribution in [0.25, 0.3) is 11.1 Å². The van der Waals surface area contributed by atoms with Crippen LogP contribution in [0.15, 0.2) is 71.6 Å². The van der Waals surface area contributed by atoms with Gasteiger partial charge in [-0.05, 0) is 29.7 Å². The van der Waals surface area contributed by atoms with E-state index in [0.29, 0.717) is 24.4 Å². The highest BCUT2D eigenvalue weighted by molar-refractivity contribution is 5.97. The molecular weight excluding hydrogens is 326 g/mol. The standard InChI is InChI=1S/C21H19N3O2/c1-15-5-2-3-7-17(15)14-24-18-8-10-26-20(18)11-19(24)21(25)23-13-16-6-4-9-22-12-16/h2-12H,13-14H2,1H3,(H,23,25). The third kappa shape index (κ3) is 3.11. The number of benzene rings is 1. The van der Waals surface area contributed by atoms with Crippen molar-refractivity contribution in [1.29, 1.82) is 0 Å². The first kappa shape index (κ1) is 16.1. The Labute approximate surface area is 151 Å². The van der Waals surface area contributed by atoms with Gasteiger partial charge in [-0.2, -0.15) is 0 Å². The zero-order valence-corrected chi connectivity index (χ0v) is 14.5. The number of nitrogens with zero attached hydrogens (tertiary/aromatic N) is 2. The van der Waals surface area contributed by atoms with Crippen molar-refractivity contribution in [3.8, 4) is 0 Å². The Balaban J connectivity index is 1.63. The Morgan fingerprint density at radius 2 is 2.08 bits per heavy atom. The molecule has 4 rings (SSSR count). The van der Waals surface area contributed by atoms with E-state index in [1.807, 2.05) is 34.9 Å². The first-order valence-corrected chi connectivity index (χ1v) is 8.51. The monoisotopic (exact) mass is 345 g/mol. The second-order valence-electron chi connectivity index (χ2n) is 6.26. The van der Waals surface area contributed by atoms with Crippen LogP contribution in [-0.2, 0) is 13.1 Å². The van der Waals surface area contributed by atoms with E-state index in [1.165, 1.54) is 11.1 Å². The Bertz CT molecular complexity index is 1050. The van der Waals surface area contributed by atoms with Gasteiger partial charge in [0.05, 0.1) is 11.8 Å². The van der Waals surface area contributed by atoms with E-state index in [0.717, 1.165) is 11.1 Å². The molecule has 0 radical (unpaired) electrons. The van der Waals surface area contributed by atoms with Crippen molar-refractivity contribution in [2.24, 2.45) is 0 Å². The Hall–Kier alpha value is -3.34. The van der Waals surface area contributed by atoms with Crippen LogP contribution in [0.3, 0.4) is 0 Å². The quantitative estimate of drug-likeness (QED) is 0.596. The number of pyridine rings is 1. The number of fused-ring (bicyclic) bond motifs is 1. The van der Waals surface area contributed by atoms with Gasteiger partial charge >= 0.3 is 0 Å². The molecule has 0 saturated heterocycles. The highest BCUT2D eigenvalue weighted by Crippen LogP contribution is 2.23. The molecule has 5 nitrogen and oxygen atoms in total. The SMILES string of the molecule is Cc1ccccc1Cn1c(C(=O)NCc2cccnc2)cc2occc21. The highest BCUT2D eigenvalue weighted by atomic mass is 16.3. The van der Waals surface area contributed by atoms with Gasteiger partial charge in [-0.25, -0.2) is 0 Å². The van der Waals surface area contributed by atoms with Gasteiger partial charge < -0.3 is 14.3 Å². The number of nitrogens with one attached hydrogen (secondary N) is 1. The van der Waals surface area contributed by atoms with Gasteiger partial charge in [0.15, 0.2) is 5.58 Å². The molecule has 0 saturated carbocycles. The first-order valence-electron chi connectivity index (χ1n) is 8.51. The zero-order chi connectivity index (χ0) is 17.9. The minimum atomic E-state index is -0.131. The summed E-state index contributed by atoms with van der Waals surface area (Å²) in [6, 6.07) is 15.7. The predicted molar refractivity (Wildman–Crippen MR) is 99.9 cm³/mol.